The molecule has 2 aliphatic heterocycles. The first kappa shape index (κ1) is 26.5. The second-order valence-corrected chi connectivity index (χ2v) is 10.2. The Hall–Kier alpha value is -3.07. The molecule has 2 heterocycles. The fourth-order valence-corrected chi connectivity index (χ4v) is 5.42. The Balaban J connectivity index is 1.35. The zero-order valence-electron chi connectivity index (χ0n) is 21.7. The van der Waals surface area contributed by atoms with Crippen molar-refractivity contribution in [3.63, 3.8) is 0 Å². The van der Waals surface area contributed by atoms with Gasteiger partial charge in [0.25, 0.3) is 5.91 Å². The summed E-state index contributed by atoms with van der Waals surface area (Å²) in [5.41, 5.74) is 4.07. The fourth-order valence-electron chi connectivity index (χ4n) is 5.42. The Bertz CT molecular complexity index is 1190. The van der Waals surface area contributed by atoms with E-state index < -0.39 is 6.29 Å². The first-order valence-corrected chi connectivity index (χ1v) is 13.4. The highest BCUT2D eigenvalue weighted by Crippen LogP contribution is 2.42. The predicted octanol–water partition coefficient (Wildman–Crippen LogP) is 4.68. The van der Waals surface area contributed by atoms with Gasteiger partial charge in [0.15, 0.2) is 6.29 Å². The van der Waals surface area contributed by atoms with Gasteiger partial charge in [0.1, 0.15) is 0 Å². The standard InChI is InChI=1S/C31H36N2O5/c1-21-28(18-33-17-5-8-27(33)20-35)37-31(38-29(21)23-11-9-22(19-34)10-12-23)25-13-15-26(16-14-25)32-30(36)24-6-3-2-4-7-24/h2-4,6-7,9-16,21,27-29,31,34-35H,5,8,17-20H2,1H3,(H,32,36)/t21-,27+,28+,29+,31+/m1/s1. The third-order valence-corrected chi connectivity index (χ3v) is 7.72. The van der Waals surface area contributed by atoms with E-state index >= 15 is 0 Å². The molecule has 3 N–H and O–H groups in total. The van der Waals surface area contributed by atoms with Crippen molar-refractivity contribution >= 4 is 11.6 Å². The molecule has 0 unspecified atom stereocenters. The van der Waals surface area contributed by atoms with Crippen LogP contribution in [0.5, 0.6) is 0 Å². The van der Waals surface area contributed by atoms with E-state index in [1.165, 1.54) is 0 Å². The summed E-state index contributed by atoms with van der Waals surface area (Å²) in [4.78, 5) is 14.9. The van der Waals surface area contributed by atoms with Crippen LogP contribution in [-0.4, -0.2) is 52.9 Å². The summed E-state index contributed by atoms with van der Waals surface area (Å²) in [5.74, 6) is -0.0801. The number of anilines is 1. The van der Waals surface area contributed by atoms with E-state index in [1.807, 2.05) is 66.7 Å². The molecule has 0 radical (unpaired) electrons. The average Bonchev–Trinajstić information content (AvgIpc) is 3.42. The third kappa shape index (κ3) is 5.98. The van der Waals surface area contributed by atoms with Crippen LogP contribution in [0.4, 0.5) is 5.69 Å². The summed E-state index contributed by atoms with van der Waals surface area (Å²) in [5, 5.41) is 22.3. The lowest BCUT2D eigenvalue weighted by Crippen LogP contribution is -2.46. The van der Waals surface area contributed by atoms with E-state index in [1.54, 1.807) is 12.1 Å². The van der Waals surface area contributed by atoms with Gasteiger partial charge >= 0.3 is 0 Å². The number of carbonyl (C=O) groups is 1. The Morgan fingerprint density at radius 3 is 2.34 bits per heavy atom. The maximum Gasteiger partial charge on any atom is 0.255 e. The van der Waals surface area contributed by atoms with Crippen molar-refractivity contribution in [3.8, 4) is 0 Å². The molecule has 1 amide bonds. The van der Waals surface area contributed by atoms with Crippen LogP contribution in [0.15, 0.2) is 78.9 Å². The first-order valence-electron chi connectivity index (χ1n) is 13.4. The molecule has 200 valence electrons. The minimum absolute atomic E-state index is 0.000383. The topological polar surface area (TPSA) is 91.3 Å². The lowest BCUT2D eigenvalue weighted by Gasteiger charge is -2.43. The Labute approximate surface area is 224 Å². The van der Waals surface area contributed by atoms with Crippen LogP contribution in [-0.2, 0) is 16.1 Å². The van der Waals surface area contributed by atoms with Crippen molar-refractivity contribution in [2.75, 3.05) is 25.0 Å². The number of hydrogen-bond donors (Lipinski definition) is 3. The van der Waals surface area contributed by atoms with E-state index in [4.69, 9.17) is 9.47 Å². The van der Waals surface area contributed by atoms with Gasteiger partial charge in [-0.25, -0.2) is 0 Å². The van der Waals surface area contributed by atoms with E-state index in [0.29, 0.717) is 11.3 Å². The molecule has 2 fully saturated rings. The molecular weight excluding hydrogens is 480 g/mol. The van der Waals surface area contributed by atoms with Crippen molar-refractivity contribution < 1.29 is 24.5 Å². The molecular formula is C31H36N2O5. The molecule has 0 bridgehead atoms. The molecule has 7 nitrogen and oxygen atoms in total. The van der Waals surface area contributed by atoms with Crippen LogP contribution in [0.1, 0.15) is 59.2 Å². The molecule has 38 heavy (non-hydrogen) atoms. The number of ether oxygens (including phenoxy) is 2. The maximum absolute atomic E-state index is 12.5. The highest BCUT2D eigenvalue weighted by molar-refractivity contribution is 6.04. The summed E-state index contributed by atoms with van der Waals surface area (Å²) in [6.45, 7) is 3.99. The number of nitrogens with one attached hydrogen (secondary N) is 1. The molecule has 0 spiro atoms. The van der Waals surface area contributed by atoms with Gasteiger partial charge in [0.2, 0.25) is 0 Å². The number of nitrogens with zero attached hydrogens (tertiary/aromatic N) is 1. The molecule has 5 rings (SSSR count). The lowest BCUT2D eigenvalue weighted by atomic mass is 9.90. The number of benzene rings is 3. The van der Waals surface area contributed by atoms with Crippen LogP contribution in [0.3, 0.4) is 0 Å². The molecule has 2 saturated heterocycles. The van der Waals surface area contributed by atoms with Gasteiger partial charge in [0.05, 0.1) is 25.4 Å². The van der Waals surface area contributed by atoms with Crippen LogP contribution >= 0.6 is 0 Å². The second-order valence-electron chi connectivity index (χ2n) is 10.2. The molecule has 2 aliphatic rings. The number of likely N-dealkylation sites (tertiary alicyclic amines) is 1. The van der Waals surface area contributed by atoms with Crippen molar-refractivity contribution in [2.24, 2.45) is 5.92 Å². The fraction of sp³-hybridized carbons (Fsp3) is 0.387. The van der Waals surface area contributed by atoms with Gasteiger partial charge in [-0.3, -0.25) is 9.69 Å². The minimum atomic E-state index is -0.576. The number of hydrogen-bond acceptors (Lipinski definition) is 6. The molecule has 3 aromatic carbocycles. The molecule has 0 aliphatic carbocycles. The van der Waals surface area contributed by atoms with Gasteiger partial charge in [-0.05, 0) is 54.8 Å². The minimum Gasteiger partial charge on any atom is -0.395 e. The lowest BCUT2D eigenvalue weighted by molar-refractivity contribution is -0.276. The summed E-state index contributed by atoms with van der Waals surface area (Å²) >= 11 is 0. The molecule has 0 saturated carbocycles. The number of aliphatic hydroxyl groups is 2. The van der Waals surface area contributed by atoms with E-state index in [9.17, 15) is 15.0 Å². The van der Waals surface area contributed by atoms with E-state index in [0.717, 1.165) is 42.6 Å². The van der Waals surface area contributed by atoms with Crippen molar-refractivity contribution in [2.45, 2.75) is 50.9 Å². The van der Waals surface area contributed by atoms with Gasteiger partial charge in [-0.15, -0.1) is 0 Å². The van der Waals surface area contributed by atoms with Gasteiger partial charge < -0.3 is 25.0 Å². The third-order valence-electron chi connectivity index (χ3n) is 7.72. The largest absolute Gasteiger partial charge is 0.395 e. The summed E-state index contributed by atoms with van der Waals surface area (Å²) in [6, 6.07) is 24.8. The van der Waals surface area contributed by atoms with Crippen LogP contribution in [0.2, 0.25) is 0 Å². The monoisotopic (exact) mass is 516 g/mol. The number of amides is 1. The van der Waals surface area contributed by atoms with Crippen LogP contribution in [0, 0.1) is 5.92 Å². The quantitative estimate of drug-likeness (QED) is 0.403. The molecule has 5 atom stereocenters. The Kier molecular flexibility index (Phi) is 8.51. The highest BCUT2D eigenvalue weighted by atomic mass is 16.7. The van der Waals surface area contributed by atoms with Crippen molar-refractivity contribution in [1.29, 1.82) is 0 Å². The molecule has 0 aromatic heterocycles. The van der Waals surface area contributed by atoms with Crippen molar-refractivity contribution in [3.05, 3.63) is 101 Å². The molecule has 7 heteroatoms. The normalized spacial score (nSPS) is 25.8. The van der Waals surface area contributed by atoms with Gasteiger partial charge in [-0.2, -0.15) is 0 Å². The maximum atomic E-state index is 12.5. The van der Waals surface area contributed by atoms with E-state index in [2.05, 4.69) is 17.1 Å². The van der Waals surface area contributed by atoms with Crippen molar-refractivity contribution in [1.82, 2.24) is 4.90 Å². The first-order chi connectivity index (χ1) is 18.6. The Morgan fingerprint density at radius 2 is 1.66 bits per heavy atom. The summed E-state index contributed by atoms with van der Waals surface area (Å²) in [6.07, 6.45) is 1.21. The van der Waals surface area contributed by atoms with Crippen LogP contribution in [0.25, 0.3) is 0 Å². The second kappa shape index (κ2) is 12.2. The Morgan fingerprint density at radius 1 is 0.947 bits per heavy atom. The van der Waals surface area contributed by atoms with Gasteiger partial charge in [-0.1, -0.05) is 61.5 Å². The highest BCUT2D eigenvalue weighted by Gasteiger charge is 2.40. The number of aliphatic hydroxyl groups excluding tert-OH is 2. The summed E-state index contributed by atoms with van der Waals surface area (Å²) < 4.78 is 13.1. The van der Waals surface area contributed by atoms with E-state index in [-0.39, 0.29) is 43.3 Å². The van der Waals surface area contributed by atoms with Crippen LogP contribution < -0.4 is 5.32 Å². The number of rotatable bonds is 8. The number of carbonyl (C=O) groups excluding carboxylic acids is 1. The zero-order valence-corrected chi connectivity index (χ0v) is 21.7. The average molecular weight is 517 g/mol. The predicted molar refractivity (Wildman–Crippen MR) is 145 cm³/mol. The molecule has 3 aromatic rings. The SMILES string of the molecule is C[C@@H]1[C@H](CN2CCC[C@H]2CO)O[C@H](c2ccc(NC(=O)c3ccccc3)cc2)O[C@@H]1c1ccc(CO)cc1. The smallest absolute Gasteiger partial charge is 0.255 e. The zero-order chi connectivity index (χ0) is 26.5. The van der Waals surface area contributed by atoms with Gasteiger partial charge in [0, 0.05) is 35.3 Å². The summed E-state index contributed by atoms with van der Waals surface area (Å²) in [7, 11) is 0.